The highest BCUT2D eigenvalue weighted by molar-refractivity contribution is 5.67. The highest BCUT2D eigenvalue weighted by atomic mass is 16.6. The Hall–Kier alpha value is -0.990. The Morgan fingerprint density at radius 1 is 1.50 bits per heavy atom. The van der Waals surface area contributed by atoms with Gasteiger partial charge in [-0.25, -0.2) is 4.79 Å². The third kappa shape index (κ3) is 11.0. The molecule has 0 aromatic carbocycles. The van der Waals surface area contributed by atoms with Crippen LogP contribution in [-0.2, 0) is 4.74 Å². The smallest absolute Gasteiger partial charge is 0.407 e. The largest absolute Gasteiger partial charge is 0.447 e. The van der Waals surface area contributed by atoms with Crippen LogP contribution in [0, 0.1) is 0 Å². The minimum atomic E-state index is -0.345. The summed E-state index contributed by atoms with van der Waals surface area (Å²) in [6.45, 7) is 10.3. The normalized spacial score (nSPS) is 11.5. The van der Waals surface area contributed by atoms with Crippen LogP contribution in [0.15, 0.2) is 12.2 Å². The van der Waals surface area contributed by atoms with Crippen LogP contribution in [0.1, 0.15) is 41.0 Å². The van der Waals surface area contributed by atoms with Crippen LogP contribution in [0.2, 0.25) is 0 Å². The number of carbonyl (C=O) groups is 1. The topological polar surface area (TPSA) is 38.3 Å². The lowest BCUT2D eigenvalue weighted by atomic mass is 10.3. The van der Waals surface area contributed by atoms with Gasteiger partial charge in [0.25, 0.3) is 0 Å². The summed E-state index contributed by atoms with van der Waals surface area (Å²) < 4.78 is 4.96. The number of ether oxygens (including phenoxy) is 1. The summed E-state index contributed by atoms with van der Waals surface area (Å²) in [5.74, 6) is 0. The summed E-state index contributed by atoms with van der Waals surface area (Å²) in [5.41, 5.74) is 0. The van der Waals surface area contributed by atoms with Gasteiger partial charge in [0, 0.05) is 6.54 Å². The van der Waals surface area contributed by atoms with Crippen LogP contribution in [0.5, 0.6) is 0 Å². The van der Waals surface area contributed by atoms with Crippen molar-refractivity contribution in [3.8, 4) is 0 Å². The summed E-state index contributed by atoms with van der Waals surface area (Å²) in [5, 5.41) is 2.60. The molecule has 0 saturated carbocycles. The average Bonchev–Trinajstić information content (AvgIpc) is 2.21. The summed E-state index contributed by atoms with van der Waals surface area (Å²) in [6, 6.07) is 0. The first-order valence-electron chi connectivity index (χ1n) is 5.26. The molecule has 0 bridgehead atoms. The Bertz CT molecular complexity index is 155. The molecule has 0 aliphatic rings. The number of carbonyl (C=O) groups excluding carboxylic acids is 1. The first kappa shape index (κ1) is 15.5. The van der Waals surface area contributed by atoms with Gasteiger partial charge in [0.2, 0.25) is 0 Å². The molecule has 0 rings (SSSR count). The van der Waals surface area contributed by atoms with Crippen LogP contribution in [0.25, 0.3) is 0 Å². The predicted octanol–water partition coefficient (Wildman–Crippen LogP) is 3.11. The molecule has 3 heteroatoms. The van der Waals surface area contributed by atoms with E-state index >= 15 is 0 Å². The zero-order valence-electron chi connectivity index (χ0n) is 9.96. The molecule has 1 N–H and O–H groups in total. The Labute approximate surface area is 87.5 Å². The maximum atomic E-state index is 10.9. The van der Waals surface area contributed by atoms with Crippen LogP contribution in [-0.4, -0.2) is 18.7 Å². The van der Waals surface area contributed by atoms with Crippen LogP contribution >= 0.6 is 0 Å². The van der Waals surface area contributed by atoms with E-state index in [0.29, 0.717) is 6.54 Å². The number of nitrogens with one attached hydrogen (secondary N) is 1. The Morgan fingerprint density at radius 3 is 2.50 bits per heavy atom. The summed E-state index contributed by atoms with van der Waals surface area (Å²) in [4.78, 5) is 10.9. The molecule has 1 unspecified atom stereocenters. The zero-order valence-corrected chi connectivity index (χ0v) is 9.96. The van der Waals surface area contributed by atoms with Crippen LogP contribution < -0.4 is 5.32 Å². The number of hydrogen-bond donors (Lipinski definition) is 1. The fourth-order valence-electron chi connectivity index (χ4n) is 0.568. The first-order valence-corrected chi connectivity index (χ1v) is 5.26. The van der Waals surface area contributed by atoms with Gasteiger partial charge in [-0.05, 0) is 20.3 Å². The maximum absolute atomic E-state index is 10.9. The van der Waals surface area contributed by atoms with Gasteiger partial charge in [-0.3, -0.25) is 0 Å². The Kier molecular flexibility index (Phi) is 13.3. The molecule has 0 aromatic heterocycles. The molecular weight excluding hydrogens is 178 g/mol. The molecular formula is C11H23NO2. The van der Waals surface area contributed by atoms with Gasteiger partial charge < -0.3 is 10.1 Å². The lowest BCUT2D eigenvalue weighted by Crippen LogP contribution is -2.27. The second-order valence-electron chi connectivity index (χ2n) is 2.57. The highest BCUT2D eigenvalue weighted by Gasteiger charge is 2.04. The molecule has 3 nitrogen and oxygen atoms in total. The van der Waals surface area contributed by atoms with Gasteiger partial charge in [0.15, 0.2) is 0 Å². The van der Waals surface area contributed by atoms with E-state index in [-0.39, 0.29) is 12.2 Å². The predicted molar refractivity (Wildman–Crippen MR) is 60.4 cm³/mol. The maximum Gasteiger partial charge on any atom is 0.407 e. The van der Waals surface area contributed by atoms with E-state index in [9.17, 15) is 4.79 Å². The van der Waals surface area contributed by atoms with Crippen LogP contribution in [0.4, 0.5) is 4.79 Å². The third-order valence-electron chi connectivity index (χ3n) is 1.48. The average molecular weight is 201 g/mol. The van der Waals surface area contributed by atoms with Gasteiger partial charge in [-0.15, -0.1) is 0 Å². The monoisotopic (exact) mass is 201 g/mol. The first-order chi connectivity index (χ1) is 6.70. The van der Waals surface area contributed by atoms with Gasteiger partial charge in [-0.2, -0.15) is 0 Å². The lowest BCUT2D eigenvalue weighted by molar-refractivity contribution is 0.106. The lowest BCUT2D eigenvalue weighted by Gasteiger charge is -2.10. The number of amides is 1. The van der Waals surface area contributed by atoms with Crippen molar-refractivity contribution >= 4 is 6.09 Å². The number of rotatable bonds is 4. The van der Waals surface area contributed by atoms with E-state index in [2.05, 4.69) is 5.32 Å². The van der Waals surface area contributed by atoms with Crippen molar-refractivity contribution in [2.45, 2.75) is 47.1 Å². The summed E-state index contributed by atoms with van der Waals surface area (Å²) in [6.07, 6.45) is 4.23. The fraction of sp³-hybridized carbons (Fsp3) is 0.727. The summed E-state index contributed by atoms with van der Waals surface area (Å²) >= 11 is 0. The Balaban J connectivity index is 0. The van der Waals surface area contributed by atoms with E-state index in [1.807, 2.05) is 46.8 Å². The molecule has 0 radical (unpaired) electrons. The van der Waals surface area contributed by atoms with Crippen molar-refractivity contribution in [1.29, 1.82) is 0 Å². The van der Waals surface area contributed by atoms with E-state index < -0.39 is 0 Å². The number of alkyl carbamates (subject to hydrolysis) is 1. The van der Waals surface area contributed by atoms with Gasteiger partial charge in [0.05, 0.1) is 0 Å². The molecule has 14 heavy (non-hydrogen) atoms. The molecule has 0 aliphatic carbocycles. The van der Waals surface area contributed by atoms with Gasteiger partial charge >= 0.3 is 6.09 Å². The molecule has 1 amide bonds. The molecule has 0 fully saturated rings. The van der Waals surface area contributed by atoms with E-state index in [4.69, 9.17) is 4.74 Å². The van der Waals surface area contributed by atoms with Crippen molar-refractivity contribution < 1.29 is 9.53 Å². The SMILES string of the molecule is C/C=C/CNC(=O)OC(C)CC.CC. The van der Waals surface area contributed by atoms with E-state index in [1.54, 1.807) is 0 Å². The minimum Gasteiger partial charge on any atom is -0.447 e. The molecule has 0 saturated heterocycles. The number of allylic oxidation sites excluding steroid dienone is 1. The van der Waals surface area contributed by atoms with Crippen molar-refractivity contribution in [2.75, 3.05) is 6.54 Å². The van der Waals surface area contributed by atoms with Crippen molar-refractivity contribution in [1.82, 2.24) is 5.32 Å². The molecule has 0 aliphatic heterocycles. The zero-order chi connectivity index (χ0) is 11.4. The quantitative estimate of drug-likeness (QED) is 0.710. The second kappa shape index (κ2) is 12.0. The molecule has 0 aromatic rings. The van der Waals surface area contributed by atoms with E-state index in [0.717, 1.165) is 6.42 Å². The third-order valence-corrected chi connectivity index (χ3v) is 1.48. The van der Waals surface area contributed by atoms with Crippen LogP contribution in [0.3, 0.4) is 0 Å². The molecule has 0 spiro atoms. The fourth-order valence-corrected chi connectivity index (χ4v) is 0.568. The summed E-state index contributed by atoms with van der Waals surface area (Å²) in [7, 11) is 0. The molecule has 84 valence electrons. The standard InChI is InChI=1S/C9H17NO2.C2H6/c1-4-6-7-10-9(11)12-8(3)5-2;1-2/h4,6,8H,5,7H2,1-3H3,(H,10,11);1-2H3/b6-4+;. The second-order valence-corrected chi connectivity index (χ2v) is 2.57. The van der Waals surface area contributed by atoms with Crippen molar-refractivity contribution in [2.24, 2.45) is 0 Å². The molecule has 1 atom stereocenters. The van der Waals surface area contributed by atoms with Gasteiger partial charge in [-0.1, -0.05) is 32.9 Å². The Morgan fingerprint density at radius 2 is 2.07 bits per heavy atom. The van der Waals surface area contributed by atoms with Crippen molar-refractivity contribution in [3.63, 3.8) is 0 Å². The highest BCUT2D eigenvalue weighted by Crippen LogP contribution is 1.95. The van der Waals surface area contributed by atoms with Gasteiger partial charge in [0.1, 0.15) is 6.10 Å². The molecule has 0 heterocycles. The van der Waals surface area contributed by atoms with E-state index in [1.165, 1.54) is 0 Å². The number of hydrogen-bond acceptors (Lipinski definition) is 2. The van der Waals surface area contributed by atoms with Crippen molar-refractivity contribution in [3.05, 3.63) is 12.2 Å². The minimum absolute atomic E-state index is 0.00407.